The van der Waals surface area contributed by atoms with E-state index in [1.54, 1.807) is 61.5 Å². The molecular formula is C23H21ClN2O5S. The summed E-state index contributed by atoms with van der Waals surface area (Å²) in [7, 11) is -3.89. The fraction of sp³-hybridized carbons (Fsp3) is 0.130. The van der Waals surface area contributed by atoms with E-state index in [0.717, 1.165) is 0 Å². The fourth-order valence-corrected chi connectivity index (χ4v) is 3.89. The quantitative estimate of drug-likeness (QED) is 0.460. The van der Waals surface area contributed by atoms with E-state index in [9.17, 15) is 18.0 Å². The minimum Gasteiger partial charge on any atom is -0.481 e. The first-order valence-electron chi connectivity index (χ1n) is 9.66. The molecule has 0 heterocycles. The van der Waals surface area contributed by atoms with Gasteiger partial charge in [0.2, 0.25) is 10.0 Å². The van der Waals surface area contributed by atoms with Crippen molar-refractivity contribution >= 4 is 39.0 Å². The van der Waals surface area contributed by atoms with Crippen LogP contribution < -0.4 is 14.8 Å². The number of rotatable bonds is 9. The van der Waals surface area contributed by atoms with Gasteiger partial charge < -0.3 is 10.1 Å². The van der Waals surface area contributed by atoms with Crippen molar-refractivity contribution in [2.24, 2.45) is 0 Å². The normalized spacial score (nSPS) is 12.1. The maximum atomic E-state index is 12.5. The first kappa shape index (κ1) is 23.5. The highest BCUT2D eigenvalue weighted by Crippen LogP contribution is 2.19. The molecule has 1 atom stereocenters. The van der Waals surface area contributed by atoms with E-state index >= 15 is 0 Å². The van der Waals surface area contributed by atoms with Crippen molar-refractivity contribution in [2.75, 3.05) is 11.9 Å². The second-order valence-corrected chi connectivity index (χ2v) is 9.05. The summed E-state index contributed by atoms with van der Waals surface area (Å²) < 4.78 is 32.8. The highest BCUT2D eigenvalue weighted by Gasteiger charge is 2.18. The molecule has 2 N–H and O–H groups in total. The summed E-state index contributed by atoms with van der Waals surface area (Å²) in [6.45, 7) is 1.23. The monoisotopic (exact) mass is 472 g/mol. The summed E-state index contributed by atoms with van der Waals surface area (Å²) in [5, 5.41) is 3.15. The maximum Gasteiger partial charge on any atom is 0.265 e. The molecule has 0 radical (unpaired) electrons. The maximum absolute atomic E-state index is 12.5. The lowest BCUT2D eigenvalue weighted by Gasteiger charge is -2.15. The summed E-state index contributed by atoms with van der Waals surface area (Å²) >= 11 is 5.91. The van der Waals surface area contributed by atoms with Crippen molar-refractivity contribution in [3.63, 3.8) is 0 Å². The van der Waals surface area contributed by atoms with Crippen LogP contribution in [0.3, 0.4) is 0 Å². The third-order valence-corrected chi connectivity index (χ3v) is 6.08. The summed E-state index contributed by atoms with van der Waals surface area (Å²) in [5.41, 5.74) is 0.818. The zero-order valence-electron chi connectivity index (χ0n) is 17.1. The van der Waals surface area contributed by atoms with E-state index in [2.05, 4.69) is 10.0 Å². The van der Waals surface area contributed by atoms with Crippen LogP contribution in [0.15, 0.2) is 83.8 Å². The zero-order valence-corrected chi connectivity index (χ0v) is 18.7. The average Bonchev–Trinajstić information content (AvgIpc) is 2.78. The number of benzene rings is 3. The predicted octanol–water partition coefficient (Wildman–Crippen LogP) is 3.91. The van der Waals surface area contributed by atoms with Crippen molar-refractivity contribution in [1.82, 2.24) is 4.72 Å². The van der Waals surface area contributed by atoms with E-state index in [1.807, 2.05) is 0 Å². The van der Waals surface area contributed by atoms with Gasteiger partial charge in [0.25, 0.3) is 5.91 Å². The number of sulfonamides is 1. The molecule has 0 aliphatic heterocycles. The predicted molar refractivity (Wildman–Crippen MR) is 123 cm³/mol. The van der Waals surface area contributed by atoms with Gasteiger partial charge in [0.15, 0.2) is 11.9 Å². The molecule has 0 bridgehead atoms. The van der Waals surface area contributed by atoms with Crippen molar-refractivity contribution in [1.29, 1.82) is 0 Å². The van der Waals surface area contributed by atoms with Gasteiger partial charge in [0.1, 0.15) is 5.75 Å². The number of nitrogens with one attached hydrogen (secondary N) is 2. The Hall–Kier alpha value is -3.20. The molecule has 3 rings (SSSR count). The third-order valence-electron chi connectivity index (χ3n) is 4.43. The molecule has 0 saturated carbocycles. The van der Waals surface area contributed by atoms with Crippen LogP contribution in [0.25, 0.3) is 0 Å². The highest BCUT2D eigenvalue weighted by molar-refractivity contribution is 7.89. The smallest absolute Gasteiger partial charge is 0.265 e. The number of amides is 1. The Morgan fingerprint density at radius 2 is 1.66 bits per heavy atom. The molecule has 7 nitrogen and oxygen atoms in total. The molecule has 0 fully saturated rings. The van der Waals surface area contributed by atoms with Crippen molar-refractivity contribution in [3.05, 3.63) is 89.4 Å². The van der Waals surface area contributed by atoms with Crippen LogP contribution in [0.5, 0.6) is 5.75 Å². The van der Waals surface area contributed by atoms with Gasteiger partial charge in [-0.15, -0.1) is 0 Å². The lowest BCUT2D eigenvalue weighted by Crippen LogP contribution is -2.30. The molecule has 9 heteroatoms. The van der Waals surface area contributed by atoms with Crippen LogP contribution in [-0.2, 0) is 14.8 Å². The van der Waals surface area contributed by atoms with Crippen LogP contribution in [0, 0.1) is 0 Å². The van der Waals surface area contributed by atoms with Gasteiger partial charge in [-0.25, -0.2) is 13.1 Å². The number of carbonyl (C=O) groups excluding carboxylic acids is 2. The van der Waals surface area contributed by atoms with Gasteiger partial charge in [0, 0.05) is 16.3 Å². The van der Waals surface area contributed by atoms with Crippen LogP contribution in [0.2, 0.25) is 5.02 Å². The number of ketones is 1. The van der Waals surface area contributed by atoms with Crippen LogP contribution in [-0.4, -0.2) is 32.8 Å². The Kier molecular flexibility index (Phi) is 7.63. The zero-order chi connectivity index (χ0) is 23.1. The lowest BCUT2D eigenvalue weighted by molar-refractivity contribution is -0.122. The van der Waals surface area contributed by atoms with Crippen molar-refractivity contribution < 1.29 is 22.7 Å². The van der Waals surface area contributed by atoms with Crippen molar-refractivity contribution in [2.45, 2.75) is 17.9 Å². The molecule has 0 spiro atoms. The first-order valence-corrected chi connectivity index (χ1v) is 11.5. The minimum atomic E-state index is -3.89. The molecule has 3 aromatic rings. The third kappa shape index (κ3) is 6.40. The number of hydrogen-bond donors (Lipinski definition) is 2. The second kappa shape index (κ2) is 10.4. The second-order valence-electron chi connectivity index (χ2n) is 6.84. The lowest BCUT2D eigenvalue weighted by atomic mass is 10.1. The summed E-state index contributed by atoms with van der Waals surface area (Å²) in [5.74, 6) is -0.295. The minimum absolute atomic E-state index is 0.0282. The number of Topliss-reactive ketones (excluding diaryl/α,β-unsaturated/α-hetero) is 1. The molecule has 166 valence electrons. The van der Waals surface area contributed by atoms with Crippen LogP contribution in [0.4, 0.5) is 5.69 Å². The Morgan fingerprint density at radius 3 is 2.31 bits per heavy atom. The summed E-state index contributed by atoms with van der Waals surface area (Å²) in [6, 6.07) is 20.7. The van der Waals surface area contributed by atoms with Crippen LogP contribution in [0.1, 0.15) is 17.3 Å². The molecule has 32 heavy (non-hydrogen) atoms. The number of carbonyl (C=O) groups is 2. The Balaban J connectivity index is 1.57. The van der Waals surface area contributed by atoms with Gasteiger partial charge in [-0.2, -0.15) is 0 Å². The molecule has 0 aliphatic carbocycles. The largest absolute Gasteiger partial charge is 0.481 e. The molecule has 3 aromatic carbocycles. The molecule has 0 aliphatic rings. The van der Waals surface area contributed by atoms with E-state index < -0.39 is 22.0 Å². The van der Waals surface area contributed by atoms with E-state index in [4.69, 9.17) is 16.3 Å². The Labute approximate surface area is 191 Å². The van der Waals surface area contributed by atoms with Gasteiger partial charge in [-0.1, -0.05) is 48.0 Å². The van der Waals surface area contributed by atoms with Gasteiger partial charge >= 0.3 is 0 Å². The average molecular weight is 473 g/mol. The standard InChI is InChI=1S/C23H21ClN2O5S/c1-16(31-20-9-5-8-18(24)14-20)23(28)26-19-10-12-21(13-11-19)32(29,30)25-15-22(27)17-6-3-2-4-7-17/h2-14,16,25H,15H2,1H3,(H,26,28)/t16-/m1/s1. The number of anilines is 1. The van der Waals surface area contributed by atoms with E-state index in [-0.39, 0.29) is 17.2 Å². The fourth-order valence-electron chi connectivity index (χ4n) is 2.73. The first-order chi connectivity index (χ1) is 15.2. The molecule has 1 amide bonds. The molecule has 0 unspecified atom stereocenters. The van der Waals surface area contributed by atoms with Crippen LogP contribution >= 0.6 is 11.6 Å². The Bertz CT molecular complexity index is 1200. The summed E-state index contributed by atoms with van der Waals surface area (Å²) in [4.78, 5) is 24.4. The SMILES string of the molecule is C[C@@H](Oc1cccc(Cl)c1)C(=O)Nc1ccc(S(=O)(=O)NCC(=O)c2ccccc2)cc1. The van der Waals surface area contributed by atoms with E-state index in [0.29, 0.717) is 22.0 Å². The molecular weight excluding hydrogens is 452 g/mol. The number of ether oxygens (including phenoxy) is 1. The van der Waals surface area contributed by atoms with Gasteiger partial charge in [-0.05, 0) is 49.4 Å². The molecule has 0 saturated heterocycles. The van der Waals surface area contributed by atoms with E-state index in [1.165, 1.54) is 24.3 Å². The highest BCUT2D eigenvalue weighted by atomic mass is 35.5. The van der Waals surface area contributed by atoms with Gasteiger partial charge in [0.05, 0.1) is 11.4 Å². The topological polar surface area (TPSA) is 102 Å². The Morgan fingerprint density at radius 1 is 0.969 bits per heavy atom. The number of halogens is 1. The summed E-state index contributed by atoms with van der Waals surface area (Å²) in [6.07, 6.45) is -0.803. The van der Waals surface area contributed by atoms with Gasteiger partial charge in [-0.3, -0.25) is 9.59 Å². The molecule has 0 aromatic heterocycles. The van der Waals surface area contributed by atoms with Crippen molar-refractivity contribution in [3.8, 4) is 5.75 Å². The number of hydrogen-bond acceptors (Lipinski definition) is 5.